The first-order valence-corrected chi connectivity index (χ1v) is 7.72. The molecule has 1 aromatic carbocycles. The fourth-order valence-corrected chi connectivity index (χ4v) is 4.13. The van der Waals surface area contributed by atoms with Crippen LogP contribution in [0.5, 0.6) is 0 Å². The summed E-state index contributed by atoms with van der Waals surface area (Å²) in [5.74, 6) is -0.00826. The zero-order chi connectivity index (χ0) is 13.6. The van der Waals surface area contributed by atoms with E-state index in [1.807, 2.05) is 32.9 Å². The van der Waals surface area contributed by atoms with Crippen LogP contribution in [0.1, 0.15) is 38.7 Å². The topological polar surface area (TPSA) is 51.2 Å². The quantitative estimate of drug-likeness (QED) is 0.826. The highest BCUT2D eigenvalue weighted by Crippen LogP contribution is 2.38. The van der Waals surface area contributed by atoms with Crippen LogP contribution in [0.3, 0.4) is 0 Å². The van der Waals surface area contributed by atoms with Crippen molar-refractivity contribution >= 4 is 15.6 Å². The number of rotatable bonds is 2. The van der Waals surface area contributed by atoms with Crippen molar-refractivity contribution < 1.29 is 13.2 Å². The molecule has 0 amide bonds. The summed E-state index contributed by atoms with van der Waals surface area (Å²) in [4.78, 5) is 12.4. The van der Waals surface area contributed by atoms with Gasteiger partial charge < -0.3 is 0 Å². The Morgan fingerprint density at radius 2 is 1.89 bits per heavy atom. The van der Waals surface area contributed by atoms with E-state index in [-0.39, 0.29) is 17.5 Å². The highest BCUT2D eigenvalue weighted by atomic mass is 32.2. The summed E-state index contributed by atoms with van der Waals surface area (Å²) in [6.45, 7) is 5.60. The lowest BCUT2D eigenvalue weighted by Crippen LogP contribution is -2.22. The van der Waals surface area contributed by atoms with Crippen molar-refractivity contribution in [2.45, 2.75) is 38.0 Å². The molecular weight excluding hydrogens is 248 g/mol. The normalized spacial score (nSPS) is 21.6. The van der Waals surface area contributed by atoms with Gasteiger partial charge in [-0.2, -0.15) is 0 Å². The van der Waals surface area contributed by atoms with Crippen LogP contribution >= 0.6 is 0 Å². The Bertz CT molecular complexity index is 579. The first-order valence-electron chi connectivity index (χ1n) is 6.07. The number of Topliss-reactive ketones (excluding diaryl/α,β-unsaturated/α-hetero) is 1. The van der Waals surface area contributed by atoms with Crippen molar-refractivity contribution in [2.24, 2.45) is 5.41 Å². The highest BCUT2D eigenvalue weighted by molar-refractivity contribution is 7.91. The fraction of sp³-hybridized carbons (Fsp3) is 0.500. The minimum absolute atomic E-state index is 0.0637. The van der Waals surface area contributed by atoms with Crippen LogP contribution in [0, 0.1) is 5.41 Å². The van der Waals surface area contributed by atoms with Crippen molar-refractivity contribution in [2.75, 3.05) is 5.75 Å². The molecule has 0 aromatic heterocycles. The van der Waals surface area contributed by atoms with Gasteiger partial charge >= 0.3 is 0 Å². The Labute approximate surface area is 108 Å². The highest BCUT2D eigenvalue weighted by Gasteiger charge is 2.37. The lowest BCUT2D eigenvalue weighted by atomic mass is 9.84. The van der Waals surface area contributed by atoms with Gasteiger partial charge in [0.1, 0.15) is 5.78 Å². The van der Waals surface area contributed by atoms with Gasteiger partial charge in [0.05, 0.1) is 10.6 Å². The summed E-state index contributed by atoms with van der Waals surface area (Å²) < 4.78 is 24.0. The molecule has 1 aliphatic rings. The number of hydrogen-bond donors (Lipinski definition) is 0. The molecule has 1 aliphatic heterocycles. The predicted molar refractivity (Wildman–Crippen MR) is 70.3 cm³/mol. The standard InChI is InChI=1S/C14H18O3S/c1-14(2,3)13(15)8-10-9-18(16,17)12-7-5-4-6-11(10)12/h4-7,10H,8-9H2,1-3H3. The molecular formula is C14H18O3S. The van der Waals surface area contributed by atoms with Crippen molar-refractivity contribution in [1.29, 1.82) is 0 Å². The summed E-state index contributed by atoms with van der Waals surface area (Å²) in [6, 6.07) is 7.01. The first kappa shape index (κ1) is 13.3. The second kappa shape index (κ2) is 4.19. The van der Waals surface area contributed by atoms with Gasteiger partial charge in [-0.05, 0) is 11.6 Å². The van der Waals surface area contributed by atoms with Gasteiger partial charge in [-0.25, -0.2) is 8.42 Å². The van der Waals surface area contributed by atoms with Gasteiger partial charge in [-0.3, -0.25) is 4.79 Å². The molecule has 2 rings (SSSR count). The van der Waals surface area contributed by atoms with E-state index in [2.05, 4.69) is 0 Å². The molecule has 0 saturated heterocycles. The zero-order valence-corrected chi connectivity index (χ0v) is 11.8. The van der Waals surface area contributed by atoms with E-state index in [0.29, 0.717) is 11.3 Å². The lowest BCUT2D eigenvalue weighted by Gasteiger charge is -2.19. The molecule has 1 atom stereocenters. The van der Waals surface area contributed by atoms with Crippen molar-refractivity contribution in [3.8, 4) is 0 Å². The number of hydrogen-bond acceptors (Lipinski definition) is 3. The number of ketones is 1. The number of fused-ring (bicyclic) bond motifs is 1. The molecule has 0 spiro atoms. The van der Waals surface area contributed by atoms with Crippen molar-refractivity contribution in [3.05, 3.63) is 29.8 Å². The molecule has 0 saturated carbocycles. The SMILES string of the molecule is CC(C)(C)C(=O)CC1CS(=O)(=O)c2ccccc21. The molecule has 0 aliphatic carbocycles. The predicted octanol–water partition coefficient (Wildman–Crippen LogP) is 2.56. The maximum absolute atomic E-state index is 12.0. The van der Waals surface area contributed by atoms with Gasteiger partial charge in [-0.15, -0.1) is 0 Å². The van der Waals surface area contributed by atoms with Crippen LogP contribution in [0.2, 0.25) is 0 Å². The maximum atomic E-state index is 12.0. The van der Waals surface area contributed by atoms with Crippen LogP contribution in [0.15, 0.2) is 29.2 Å². The van der Waals surface area contributed by atoms with Crippen LogP contribution in [-0.4, -0.2) is 20.0 Å². The fourth-order valence-electron chi connectivity index (χ4n) is 2.24. The molecule has 1 aromatic rings. The molecule has 0 fully saturated rings. The molecule has 4 heteroatoms. The molecule has 0 radical (unpaired) electrons. The average Bonchev–Trinajstić information content (AvgIpc) is 2.50. The van der Waals surface area contributed by atoms with Gasteiger partial charge in [0, 0.05) is 17.8 Å². The third-order valence-corrected chi connectivity index (χ3v) is 5.27. The minimum atomic E-state index is -3.20. The second-order valence-corrected chi connectivity index (χ2v) is 7.90. The molecule has 1 heterocycles. The van der Waals surface area contributed by atoms with Gasteiger partial charge in [0.2, 0.25) is 0 Å². The Kier molecular flexibility index (Phi) is 3.09. The number of carbonyl (C=O) groups is 1. The summed E-state index contributed by atoms with van der Waals surface area (Å²) in [5.41, 5.74) is 0.386. The Hall–Kier alpha value is -1.16. The third kappa shape index (κ3) is 2.34. The van der Waals surface area contributed by atoms with E-state index in [9.17, 15) is 13.2 Å². The van der Waals surface area contributed by atoms with Crippen molar-refractivity contribution in [3.63, 3.8) is 0 Å². The molecule has 98 valence electrons. The number of benzene rings is 1. The van der Waals surface area contributed by atoms with Crippen LogP contribution in [0.25, 0.3) is 0 Å². The third-order valence-electron chi connectivity index (χ3n) is 3.38. The first-order chi connectivity index (χ1) is 8.22. The largest absolute Gasteiger partial charge is 0.299 e. The summed E-state index contributed by atoms with van der Waals surface area (Å²) in [6.07, 6.45) is 0.305. The van der Waals surface area contributed by atoms with Crippen LogP contribution in [0.4, 0.5) is 0 Å². The maximum Gasteiger partial charge on any atom is 0.179 e. The number of sulfone groups is 1. The van der Waals surface area contributed by atoms with E-state index in [4.69, 9.17) is 0 Å². The van der Waals surface area contributed by atoms with Crippen LogP contribution in [-0.2, 0) is 14.6 Å². The van der Waals surface area contributed by atoms with E-state index in [0.717, 1.165) is 5.56 Å². The Morgan fingerprint density at radius 1 is 1.28 bits per heavy atom. The summed E-state index contributed by atoms with van der Waals surface area (Å²) >= 11 is 0. The average molecular weight is 266 g/mol. The molecule has 18 heavy (non-hydrogen) atoms. The van der Waals surface area contributed by atoms with Gasteiger partial charge in [-0.1, -0.05) is 39.0 Å². The Balaban J connectivity index is 2.32. The van der Waals surface area contributed by atoms with Gasteiger partial charge in [0.15, 0.2) is 9.84 Å². The molecule has 0 bridgehead atoms. The Morgan fingerprint density at radius 3 is 2.50 bits per heavy atom. The monoisotopic (exact) mass is 266 g/mol. The van der Waals surface area contributed by atoms with E-state index in [1.165, 1.54) is 0 Å². The zero-order valence-electron chi connectivity index (χ0n) is 10.9. The summed E-state index contributed by atoms with van der Waals surface area (Å²) in [5, 5.41) is 0. The smallest absolute Gasteiger partial charge is 0.179 e. The summed E-state index contributed by atoms with van der Waals surface area (Å²) in [7, 11) is -3.20. The number of carbonyl (C=O) groups excluding carboxylic acids is 1. The molecule has 3 nitrogen and oxygen atoms in total. The lowest BCUT2D eigenvalue weighted by molar-refractivity contribution is -0.126. The van der Waals surface area contributed by atoms with E-state index in [1.54, 1.807) is 12.1 Å². The van der Waals surface area contributed by atoms with Gasteiger partial charge in [0.25, 0.3) is 0 Å². The second-order valence-electron chi connectivity index (χ2n) is 5.89. The molecule has 1 unspecified atom stereocenters. The minimum Gasteiger partial charge on any atom is -0.299 e. The van der Waals surface area contributed by atoms with Crippen LogP contribution < -0.4 is 0 Å². The molecule has 0 N–H and O–H groups in total. The van der Waals surface area contributed by atoms with Crippen molar-refractivity contribution in [1.82, 2.24) is 0 Å². The van der Waals surface area contributed by atoms with E-state index < -0.39 is 15.3 Å². The van der Waals surface area contributed by atoms with E-state index >= 15 is 0 Å².